The van der Waals surface area contributed by atoms with Gasteiger partial charge in [-0.2, -0.15) is 0 Å². The van der Waals surface area contributed by atoms with E-state index in [1.54, 1.807) is 36.3 Å². The number of aromatic nitrogens is 1. The number of halogens is 2. The normalized spacial score (nSPS) is 17.9. The van der Waals surface area contributed by atoms with E-state index in [2.05, 4.69) is 10.3 Å². The molecule has 3 amide bonds. The number of nitrogens with zero attached hydrogens (tertiary/aromatic N) is 2. The molecule has 1 spiro atoms. The monoisotopic (exact) mass is 560 g/mol. The van der Waals surface area contributed by atoms with Crippen molar-refractivity contribution >= 4 is 28.5 Å². The van der Waals surface area contributed by atoms with Crippen molar-refractivity contribution in [3.8, 4) is 5.75 Å². The smallest absolute Gasteiger partial charge is 0.322 e. The highest BCUT2D eigenvalue weighted by Crippen LogP contribution is 2.49. The molecule has 0 bridgehead atoms. The Morgan fingerprint density at radius 1 is 1.05 bits per heavy atom. The van der Waals surface area contributed by atoms with E-state index in [0.717, 1.165) is 16.5 Å². The molecule has 3 N–H and O–H groups in total. The molecule has 10 heteroatoms. The summed E-state index contributed by atoms with van der Waals surface area (Å²) < 4.78 is 34.2. The van der Waals surface area contributed by atoms with Gasteiger partial charge in [0.2, 0.25) is 0 Å². The summed E-state index contributed by atoms with van der Waals surface area (Å²) in [7, 11) is 1.58. The van der Waals surface area contributed by atoms with Crippen LogP contribution in [0.2, 0.25) is 0 Å². The second kappa shape index (κ2) is 10.5. The van der Waals surface area contributed by atoms with Crippen molar-refractivity contribution in [3.05, 3.63) is 95.2 Å². The number of para-hydroxylation sites is 1. The van der Waals surface area contributed by atoms with Gasteiger partial charge >= 0.3 is 6.03 Å². The summed E-state index contributed by atoms with van der Waals surface area (Å²) in [6.07, 6.45) is 1.00. The van der Waals surface area contributed by atoms with Gasteiger partial charge in [-0.3, -0.25) is 4.79 Å². The summed E-state index contributed by atoms with van der Waals surface area (Å²) in [4.78, 5) is 33.4. The number of aliphatic hydroxyl groups is 1. The molecule has 8 nitrogen and oxygen atoms in total. The summed E-state index contributed by atoms with van der Waals surface area (Å²) in [5.74, 6) is -0.846. The Morgan fingerprint density at radius 2 is 1.76 bits per heavy atom. The Kier molecular flexibility index (Phi) is 6.86. The topological polar surface area (TPSA) is 97.9 Å². The number of carbonyl (C=O) groups is 2. The summed E-state index contributed by atoms with van der Waals surface area (Å²) in [5, 5.41) is 14.1. The van der Waals surface area contributed by atoms with E-state index >= 15 is 0 Å². The van der Waals surface area contributed by atoms with Gasteiger partial charge in [-0.15, -0.1) is 0 Å². The van der Waals surface area contributed by atoms with Crippen LogP contribution in [-0.2, 0) is 5.41 Å². The van der Waals surface area contributed by atoms with Gasteiger partial charge in [0.15, 0.2) is 0 Å². The highest BCUT2D eigenvalue weighted by atomic mass is 19.1. The molecule has 41 heavy (non-hydrogen) atoms. The second-order valence-corrected chi connectivity index (χ2v) is 10.6. The lowest BCUT2D eigenvalue weighted by atomic mass is 9.68. The zero-order valence-electron chi connectivity index (χ0n) is 22.5. The molecule has 3 heterocycles. The minimum Gasteiger partial charge on any atom is -0.497 e. The third kappa shape index (κ3) is 4.58. The number of anilines is 1. The van der Waals surface area contributed by atoms with E-state index in [-0.39, 0.29) is 30.3 Å². The largest absolute Gasteiger partial charge is 0.497 e. The van der Waals surface area contributed by atoms with E-state index in [4.69, 9.17) is 4.74 Å². The number of methoxy groups -OCH3 is 1. The summed E-state index contributed by atoms with van der Waals surface area (Å²) in [6.45, 7) is 0.589. The maximum absolute atomic E-state index is 14.4. The van der Waals surface area contributed by atoms with Crippen LogP contribution in [0.5, 0.6) is 5.75 Å². The highest BCUT2D eigenvalue weighted by molar-refractivity contribution is 5.95. The van der Waals surface area contributed by atoms with Gasteiger partial charge in [0.1, 0.15) is 17.4 Å². The van der Waals surface area contributed by atoms with E-state index < -0.39 is 29.1 Å². The number of aromatic amines is 1. The number of likely N-dealkylation sites (tertiary alicyclic amines) is 1. The lowest BCUT2D eigenvalue weighted by molar-refractivity contribution is 0.0540. The zero-order chi connectivity index (χ0) is 28.7. The number of piperidine rings is 1. The SMILES string of the molecule is COc1ccc2c3c([nH]c2c1)[C@@H](CO)N(C(=O)Nc1ccccc1F)CC31CCN(C(=O)c2ccccc2F)CC1. The van der Waals surface area contributed by atoms with Gasteiger partial charge in [0, 0.05) is 47.7 Å². The zero-order valence-corrected chi connectivity index (χ0v) is 22.5. The fraction of sp³-hybridized carbons (Fsp3) is 0.290. The Labute approximate surface area is 235 Å². The average molecular weight is 561 g/mol. The first-order valence-electron chi connectivity index (χ1n) is 13.5. The third-order valence-electron chi connectivity index (χ3n) is 8.41. The quantitative estimate of drug-likeness (QED) is 0.319. The first kappa shape index (κ1) is 26.8. The number of hydrogen-bond donors (Lipinski definition) is 3. The lowest BCUT2D eigenvalue weighted by Crippen LogP contribution is -2.56. The predicted molar refractivity (Wildman–Crippen MR) is 150 cm³/mol. The van der Waals surface area contributed by atoms with E-state index in [1.807, 2.05) is 18.2 Å². The number of fused-ring (bicyclic) bond motifs is 4. The molecule has 3 aromatic carbocycles. The first-order valence-corrected chi connectivity index (χ1v) is 13.5. The lowest BCUT2D eigenvalue weighted by Gasteiger charge is -2.50. The van der Waals surface area contributed by atoms with Gasteiger partial charge in [0.05, 0.1) is 31.0 Å². The number of carbonyl (C=O) groups excluding carboxylic acids is 2. The third-order valence-corrected chi connectivity index (χ3v) is 8.41. The molecule has 4 aromatic rings. The van der Waals surface area contributed by atoms with Crippen molar-refractivity contribution in [2.24, 2.45) is 0 Å². The van der Waals surface area contributed by atoms with Crippen LogP contribution in [0.3, 0.4) is 0 Å². The molecule has 6 rings (SSSR count). The number of ether oxygens (including phenoxy) is 1. The van der Waals surface area contributed by atoms with Crippen molar-refractivity contribution < 1.29 is 28.2 Å². The maximum atomic E-state index is 14.4. The molecule has 1 atom stereocenters. The predicted octanol–water partition coefficient (Wildman–Crippen LogP) is 5.21. The molecule has 212 valence electrons. The molecular formula is C31H30F2N4O4. The fourth-order valence-electron chi connectivity index (χ4n) is 6.32. The van der Waals surface area contributed by atoms with E-state index in [9.17, 15) is 23.5 Å². The Morgan fingerprint density at radius 3 is 2.44 bits per heavy atom. The van der Waals surface area contributed by atoms with Gasteiger partial charge in [-0.25, -0.2) is 13.6 Å². The molecule has 0 aliphatic carbocycles. The van der Waals surface area contributed by atoms with Crippen LogP contribution in [0.1, 0.15) is 40.5 Å². The summed E-state index contributed by atoms with van der Waals surface area (Å²) >= 11 is 0. The van der Waals surface area contributed by atoms with Crippen LogP contribution in [-0.4, -0.2) is 65.2 Å². The highest BCUT2D eigenvalue weighted by Gasteiger charge is 2.49. The molecule has 0 radical (unpaired) electrons. The summed E-state index contributed by atoms with van der Waals surface area (Å²) in [6, 6.07) is 16.3. The Bertz CT molecular complexity index is 1630. The Hall–Kier alpha value is -4.44. The Balaban J connectivity index is 1.39. The molecule has 2 aliphatic rings. The molecule has 0 unspecified atom stereocenters. The van der Waals surface area contributed by atoms with Gasteiger partial charge in [-0.05, 0) is 54.8 Å². The van der Waals surface area contributed by atoms with Crippen LogP contribution < -0.4 is 10.1 Å². The number of amides is 3. The summed E-state index contributed by atoms with van der Waals surface area (Å²) in [5.41, 5.74) is 1.97. The molecule has 0 saturated carbocycles. The molecule has 1 aromatic heterocycles. The van der Waals surface area contributed by atoms with Crippen molar-refractivity contribution in [2.75, 3.05) is 38.7 Å². The van der Waals surface area contributed by atoms with Crippen LogP contribution >= 0.6 is 0 Å². The molecular weight excluding hydrogens is 530 g/mol. The van der Waals surface area contributed by atoms with Crippen LogP contribution in [0, 0.1) is 11.6 Å². The maximum Gasteiger partial charge on any atom is 0.322 e. The van der Waals surface area contributed by atoms with Gasteiger partial charge in [-0.1, -0.05) is 24.3 Å². The average Bonchev–Trinajstić information content (AvgIpc) is 3.38. The van der Waals surface area contributed by atoms with Crippen molar-refractivity contribution in [1.29, 1.82) is 0 Å². The fourth-order valence-corrected chi connectivity index (χ4v) is 6.32. The first-order chi connectivity index (χ1) is 19.8. The number of H-pyrrole nitrogens is 1. The van der Waals surface area contributed by atoms with E-state index in [1.165, 1.54) is 29.2 Å². The van der Waals surface area contributed by atoms with Crippen molar-refractivity contribution in [2.45, 2.75) is 24.3 Å². The number of benzene rings is 3. The number of aliphatic hydroxyl groups excluding tert-OH is 1. The van der Waals surface area contributed by atoms with Crippen LogP contribution in [0.25, 0.3) is 10.9 Å². The van der Waals surface area contributed by atoms with Crippen LogP contribution in [0.4, 0.5) is 19.3 Å². The number of rotatable bonds is 4. The second-order valence-electron chi connectivity index (χ2n) is 10.6. The molecule has 1 saturated heterocycles. The standard InChI is InChI=1S/C31H30F2N4O4/c1-41-19-10-11-21-25(16-19)34-28-26(17-38)37(30(40)35-24-9-5-4-8-23(24)33)18-31(27(21)28)12-14-36(15-13-31)29(39)20-6-2-3-7-22(20)32/h2-11,16,26,34,38H,12-15,17-18H2,1H3,(H,35,40)/t26-/m1/s1. The molecule has 2 aliphatic heterocycles. The van der Waals surface area contributed by atoms with Gasteiger partial charge in [0.25, 0.3) is 5.91 Å². The van der Waals surface area contributed by atoms with E-state index in [0.29, 0.717) is 37.4 Å². The van der Waals surface area contributed by atoms with Gasteiger partial charge < -0.3 is 29.9 Å². The number of hydrogen-bond acceptors (Lipinski definition) is 4. The van der Waals surface area contributed by atoms with Crippen LogP contribution in [0.15, 0.2) is 66.7 Å². The number of urea groups is 1. The van der Waals surface area contributed by atoms with Crippen molar-refractivity contribution in [3.63, 3.8) is 0 Å². The van der Waals surface area contributed by atoms with Crippen molar-refractivity contribution in [1.82, 2.24) is 14.8 Å². The number of nitrogens with one attached hydrogen (secondary N) is 2. The molecule has 1 fully saturated rings. The minimum absolute atomic E-state index is 0.0261. The minimum atomic E-state index is -0.709.